The van der Waals surface area contributed by atoms with Gasteiger partial charge in [-0.05, 0) is 13.3 Å². The number of hydrogen-bond acceptors (Lipinski definition) is 4. The molecule has 1 aromatic rings. The van der Waals surface area contributed by atoms with Crippen LogP contribution in [0.2, 0.25) is 0 Å². The zero-order chi connectivity index (χ0) is 13.5. The normalized spacial score (nSPS) is 10.1. The topological polar surface area (TPSA) is 85.2 Å². The lowest BCUT2D eigenvalue weighted by Crippen LogP contribution is -2.22. The maximum atomic E-state index is 9.28. The lowest BCUT2D eigenvalue weighted by atomic mass is 10.1. The van der Waals surface area contributed by atoms with Crippen molar-refractivity contribution in [1.82, 2.24) is 0 Å². The highest BCUT2D eigenvalue weighted by Gasteiger charge is 2.20. The number of H-pyrrole nitrogens is 1. The first-order valence-corrected chi connectivity index (χ1v) is 6.12. The summed E-state index contributed by atoms with van der Waals surface area (Å²) in [6.45, 7) is 5.19. The first kappa shape index (κ1) is 14.3. The van der Waals surface area contributed by atoms with Crippen LogP contribution in [0.5, 0.6) is 0 Å². The van der Waals surface area contributed by atoms with E-state index in [1.54, 1.807) is 7.11 Å². The van der Waals surface area contributed by atoms with Crippen LogP contribution in [0.4, 0.5) is 11.5 Å². The molecule has 0 aromatic carbocycles. The minimum absolute atomic E-state index is 0.340. The van der Waals surface area contributed by atoms with E-state index in [1.165, 1.54) is 0 Å². The number of nitrogens with one attached hydrogen (secondary N) is 2. The summed E-state index contributed by atoms with van der Waals surface area (Å²) in [5.74, 6) is 0.727. The monoisotopic (exact) mass is 249 g/mol. The third kappa shape index (κ3) is 3.11. The number of aromatic nitrogens is 1. The van der Waals surface area contributed by atoms with Crippen LogP contribution in [0, 0.1) is 18.3 Å². The molecule has 0 saturated heterocycles. The molecule has 0 aliphatic heterocycles. The highest BCUT2D eigenvalue weighted by Crippen LogP contribution is 2.23. The van der Waals surface area contributed by atoms with Crippen molar-refractivity contribution in [3.05, 3.63) is 16.8 Å². The SMILES string of the molecule is CCCCNc1[nH+]c(C)c(N)c(COC)c1C#N. The van der Waals surface area contributed by atoms with Gasteiger partial charge in [-0.25, -0.2) is 4.98 Å². The van der Waals surface area contributed by atoms with Gasteiger partial charge in [0.05, 0.1) is 18.8 Å². The molecule has 18 heavy (non-hydrogen) atoms. The van der Waals surface area contributed by atoms with E-state index in [0.717, 1.165) is 36.5 Å². The summed E-state index contributed by atoms with van der Waals surface area (Å²) in [6.07, 6.45) is 2.16. The van der Waals surface area contributed by atoms with Crippen molar-refractivity contribution in [3.63, 3.8) is 0 Å². The molecule has 0 aliphatic carbocycles. The number of aryl methyl sites for hydroxylation is 1. The molecule has 5 nitrogen and oxygen atoms in total. The van der Waals surface area contributed by atoms with Crippen molar-refractivity contribution in [1.29, 1.82) is 5.26 Å². The number of nitrogen functional groups attached to an aromatic ring is 1. The van der Waals surface area contributed by atoms with Crippen LogP contribution >= 0.6 is 0 Å². The molecule has 0 saturated carbocycles. The maximum absolute atomic E-state index is 9.28. The number of aromatic amines is 1. The van der Waals surface area contributed by atoms with Crippen LogP contribution in [0.1, 0.15) is 36.6 Å². The standard InChI is InChI=1S/C13H20N4O/c1-4-5-6-16-13-10(7-14)11(8-18-3)12(15)9(2)17-13/h4-6,8,15H2,1-3H3,(H,16,17)/p+1. The summed E-state index contributed by atoms with van der Waals surface area (Å²) in [5, 5.41) is 12.5. The van der Waals surface area contributed by atoms with Crippen molar-refractivity contribution in [2.75, 3.05) is 24.7 Å². The zero-order valence-corrected chi connectivity index (χ0v) is 11.3. The summed E-state index contributed by atoms with van der Waals surface area (Å²) in [6, 6.07) is 2.19. The van der Waals surface area contributed by atoms with Crippen LogP contribution in [0.15, 0.2) is 0 Å². The third-order valence-corrected chi connectivity index (χ3v) is 2.83. The van der Waals surface area contributed by atoms with Gasteiger partial charge in [0.1, 0.15) is 17.3 Å². The van der Waals surface area contributed by atoms with Gasteiger partial charge in [0.25, 0.3) is 5.82 Å². The molecular weight excluding hydrogens is 228 g/mol. The van der Waals surface area contributed by atoms with Gasteiger partial charge in [0.15, 0.2) is 0 Å². The summed E-state index contributed by atoms with van der Waals surface area (Å²) >= 11 is 0. The molecule has 1 aromatic heterocycles. The van der Waals surface area contributed by atoms with Crippen LogP contribution in [-0.2, 0) is 11.3 Å². The molecule has 0 fully saturated rings. The Morgan fingerprint density at radius 1 is 1.50 bits per heavy atom. The Labute approximate surface area is 108 Å². The van der Waals surface area contributed by atoms with Gasteiger partial charge in [0.2, 0.25) is 0 Å². The molecule has 1 rings (SSSR count). The number of anilines is 2. The van der Waals surface area contributed by atoms with E-state index >= 15 is 0 Å². The molecule has 4 N–H and O–H groups in total. The molecule has 0 unspecified atom stereocenters. The highest BCUT2D eigenvalue weighted by atomic mass is 16.5. The minimum Gasteiger partial charge on any atom is -0.395 e. The largest absolute Gasteiger partial charge is 0.395 e. The number of rotatable bonds is 6. The van der Waals surface area contributed by atoms with E-state index in [9.17, 15) is 5.26 Å². The number of unbranched alkanes of at least 4 members (excludes halogenated alkanes) is 1. The van der Waals surface area contributed by atoms with Gasteiger partial charge >= 0.3 is 0 Å². The number of nitrogens with two attached hydrogens (primary N) is 1. The van der Waals surface area contributed by atoms with Gasteiger partial charge in [-0.15, -0.1) is 0 Å². The molecule has 98 valence electrons. The number of nitriles is 1. The lowest BCUT2D eigenvalue weighted by Gasteiger charge is -2.10. The van der Waals surface area contributed by atoms with Gasteiger partial charge in [-0.3, -0.25) is 5.32 Å². The fourth-order valence-corrected chi connectivity index (χ4v) is 1.77. The van der Waals surface area contributed by atoms with E-state index in [-0.39, 0.29) is 0 Å². The number of ether oxygens (including phenoxy) is 1. The van der Waals surface area contributed by atoms with E-state index in [1.807, 2.05) is 6.92 Å². The van der Waals surface area contributed by atoms with Gasteiger partial charge in [0, 0.05) is 12.7 Å². The summed E-state index contributed by atoms with van der Waals surface area (Å²) < 4.78 is 5.11. The molecule has 0 bridgehead atoms. The Morgan fingerprint density at radius 3 is 2.78 bits per heavy atom. The summed E-state index contributed by atoms with van der Waals surface area (Å²) in [7, 11) is 1.59. The fraction of sp³-hybridized carbons (Fsp3) is 0.538. The lowest BCUT2D eigenvalue weighted by molar-refractivity contribution is -0.370. The number of hydrogen-bond donors (Lipinski definition) is 2. The first-order valence-electron chi connectivity index (χ1n) is 6.12. The fourth-order valence-electron chi connectivity index (χ4n) is 1.77. The molecule has 0 atom stereocenters. The molecule has 0 amide bonds. The van der Waals surface area contributed by atoms with E-state index < -0.39 is 0 Å². The molecular formula is C13H21N4O+. The van der Waals surface area contributed by atoms with Gasteiger partial charge < -0.3 is 10.5 Å². The van der Waals surface area contributed by atoms with Crippen molar-refractivity contribution in [2.24, 2.45) is 0 Å². The van der Waals surface area contributed by atoms with Crippen molar-refractivity contribution in [3.8, 4) is 6.07 Å². The van der Waals surface area contributed by atoms with Crippen LogP contribution in [0.3, 0.4) is 0 Å². The Kier molecular flexibility index (Phi) is 5.40. The second-order valence-electron chi connectivity index (χ2n) is 4.22. The number of methoxy groups -OCH3 is 1. The predicted molar refractivity (Wildman–Crippen MR) is 71.0 cm³/mol. The second-order valence-corrected chi connectivity index (χ2v) is 4.22. The minimum atomic E-state index is 0.340. The average Bonchev–Trinajstić information content (AvgIpc) is 2.36. The Hall–Kier alpha value is -1.80. The zero-order valence-electron chi connectivity index (χ0n) is 11.3. The smallest absolute Gasteiger partial charge is 0.291 e. The quantitative estimate of drug-likeness (QED) is 0.750. The molecule has 1 heterocycles. The molecule has 0 radical (unpaired) electrons. The van der Waals surface area contributed by atoms with Crippen LogP contribution in [0.25, 0.3) is 0 Å². The van der Waals surface area contributed by atoms with Gasteiger partial charge in [-0.2, -0.15) is 5.26 Å². The Bertz CT molecular complexity index is 451. The molecule has 0 aliphatic rings. The van der Waals surface area contributed by atoms with E-state index in [4.69, 9.17) is 10.5 Å². The number of pyridine rings is 1. The summed E-state index contributed by atoms with van der Waals surface area (Å²) in [4.78, 5) is 3.14. The number of nitrogens with zero attached hydrogens (tertiary/aromatic N) is 1. The Morgan fingerprint density at radius 2 is 2.22 bits per heavy atom. The van der Waals surface area contributed by atoms with E-state index in [2.05, 4.69) is 23.3 Å². The van der Waals surface area contributed by atoms with Crippen LogP contribution < -0.4 is 16.0 Å². The van der Waals surface area contributed by atoms with E-state index in [0.29, 0.717) is 17.9 Å². The third-order valence-electron chi connectivity index (χ3n) is 2.83. The van der Waals surface area contributed by atoms with Crippen molar-refractivity contribution < 1.29 is 9.72 Å². The first-order chi connectivity index (χ1) is 8.65. The Balaban J connectivity index is 3.13. The second kappa shape index (κ2) is 6.82. The predicted octanol–water partition coefficient (Wildman–Crippen LogP) is 1.62. The van der Waals surface area contributed by atoms with Gasteiger partial charge in [-0.1, -0.05) is 13.3 Å². The maximum Gasteiger partial charge on any atom is 0.291 e. The van der Waals surface area contributed by atoms with Crippen molar-refractivity contribution in [2.45, 2.75) is 33.3 Å². The molecule has 0 spiro atoms. The average molecular weight is 249 g/mol. The highest BCUT2D eigenvalue weighted by molar-refractivity contribution is 5.63. The summed E-state index contributed by atoms with van der Waals surface area (Å²) in [5.41, 5.74) is 8.70. The van der Waals surface area contributed by atoms with Crippen LogP contribution in [-0.4, -0.2) is 13.7 Å². The van der Waals surface area contributed by atoms with Crippen molar-refractivity contribution >= 4 is 11.5 Å². The molecule has 5 heteroatoms.